The van der Waals surface area contributed by atoms with Crippen LogP contribution in [-0.2, 0) is 28.6 Å². The van der Waals surface area contributed by atoms with Gasteiger partial charge in [0.15, 0.2) is 6.10 Å². The van der Waals surface area contributed by atoms with Gasteiger partial charge in [0.1, 0.15) is 13.2 Å². The van der Waals surface area contributed by atoms with Crippen molar-refractivity contribution in [1.82, 2.24) is 0 Å². The van der Waals surface area contributed by atoms with Crippen LogP contribution in [0.2, 0.25) is 0 Å². The van der Waals surface area contributed by atoms with Crippen LogP contribution in [0.15, 0.2) is 60.8 Å². The highest BCUT2D eigenvalue weighted by Crippen LogP contribution is 2.15. The number of hydrogen-bond donors (Lipinski definition) is 0. The summed E-state index contributed by atoms with van der Waals surface area (Å²) in [5.74, 6) is -0.894. The molecule has 0 heterocycles. The molecule has 0 aliphatic carbocycles. The molecule has 0 N–H and O–H groups in total. The molecule has 0 aromatic rings. The third kappa shape index (κ3) is 53.9. The molecule has 388 valence electrons. The Kier molecular flexibility index (Phi) is 53.3. The predicted molar refractivity (Wildman–Crippen MR) is 288 cm³/mol. The number of allylic oxidation sites excluding steroid dienone is 10. The number of unbranched alkanes of at least 4 members (excludes halogenated alkanes) is 31. The molecule has 0 aromatic heterocycles. The largest absolute Gasteiger partial charge is 0.462 e. The van der Waals surface area contributed by atoms with E-state index < -0.39 is 6.10 Å². The van der Waals surface area contributed by atoms with Crippen molar-refractivity contribution < 1.29 is 28.6 Å². The quantitative estimate of drug-likeness (QED) is 0.0262. The van der Waals surface area contributed by atoms with Crippen LogP contribution in [-0.4, -0.2) is 37.2 Å². The number of carbonyl (C=O) groups is 3. The average Bonchev–Trinajstić information content (AvgIpc) is 3.33. The molecule has 0 fully saturated rings. The van der Waals surface area contributed by atoms with Gasteiger partial charge in [-0.25, -0.2) is 0 Å². The summed E-state index contributed by atoms with van der Waals surface area (Å²) in [4.78, 5) is 38.1. The first kappa shape index (κ1) is 64.1. The summed E-state index contributed by atoms with van der Waals surface area (Å²) in [5, 5.41) is 0. The Labute approximate surface area is 415 Å². The molecule has 6 heteroatoms. The molecule has 0 aliphatic rings. The molecule has 0 saturated heterocycles. The van der Waals surface area contributed by atoms with Gasteiger partial charge in [0.05, 0.1) is 0 Å². The summed E-state index contributed by atoms with van der Waals surface area (Å²) in [6.07, 6.45) is 69.3. The molecule has 0 rings (SSSR count). The zero-order valence-electron chi connectivity index (χ0n) is 44.4. The Balaban J connectivity index is 4.31. The van der Waals surface area contributed by atoms with Gasteiger partial charge in [-0.05, 0) is 89.9 Å². The molecule has 0 amide bonds. The van der Waals surface area contributed by atoms with Gasteiger partial charge >= 0.3 is 17.9 Å². The molecule has 0 radical (unpaired) electrons. The lowest BCUT2D eigenvalue weighted by molar-refractivity contribution is -0.167. The van der Waals surface area contributed by atoms with Gasteiger partial charge < -0.3 is 14.2 Å². The van der Waals surface area contributed by atoms with Crippen molar-refractivity contribution >= 4 is 17.9 Å². The van der Waals surface area contributed by atoms with Crippen LogP contribution in [0.25, 0.3) is 0 Å². The molecule has 0 spiro atoms. The second-order valence-corrected chi connectivity index (χ2v) is 19.2. The summed E-state index contributed by atoms with van der Waals surface area (Å²) in [7, 11) is 0. The number of esters is 3. The lowest BCUT2D eigenvalue weighted by Crippen LogP contribution is -2.30. The van der Waals surface area contributed by atoms with Gasteiger partial charge in [-0.2, -0.15) is 0 Å². The second-order valence-electron chi connectivity index (χ2n) is 19.2. The second kappa shape index (κ2) is 55.7. The molecule has 0 saturated carbocycles. The topological polar surface area (TPSA) is 78.9 Å². The first-order valence-electron chi connectivity index (χ1n) is 28.8. The Hall–Kier alpha value is -2.89. The molecular weight excluding hydrogens is 829 g/mol. The zero-order chi connectivity index (χ0) is 48.6. The Bertz CT molecular complexity index is 1210. The highest BCUT2D eigenvalue weighted by molar-refractivity contribution is 5.71. The number of ether oxygens (including phenoxy) is 3. The minimum absolute atomic E-state index is 0.0804. The number of hydrogen-bond acceptors (Lipinski definition) is 6. The van der Waals surface area contributed by atoms with Crippen molar-refractivity contribution in [1.29, 1.82) is 0 Å². The average molecular weight is 938 g/mol. The van der Waals surface area contributed by atoms with E-state index >= 15 is 0 Å². The third-order valence-corrected chi connectivity index (χ3v) is 12.5. The lowest BCUT2D eigenvalue weighted by atomic mass is 10.1. The molecule has 1 unspecified atom stereocenters. The van der Waals surface area contributed by atoms with Gasteiger partial charge in [0, 0.05) is 19.3 Å². The van der Waals surface area contributed by atoms with Crippen LogP contribution < -0.4 is 0 Å². The highest BCUT2D eigenvalue weighted by atomic mass is 16.6. The Morgan fingerprint density at radius 3 is 0.851 bits per heavy atom. The maximum absolute atomic E-state index is 12.8. The van der Waals surface area contributed by atoms with Crippen LogP contribution in [0, 0.1) is 0 Å². The maximum atomic E-state index is 12.8. The van der Waals surface area contributed by atoms with Crippen LogP contribution in [0.5, 0.6) is 0 Å². The lowest BCUT2D eigenvalue weighted by Gasteiger charge is -2.18. The Morgan fingerprint density at radius 1 is 0.299 bits per heavy atom. The van der Waals surface area contributed by atoms with E-state index in [4.69, 9.17) is 14.2 Å². The summed E-state index contributed by atoms with van der Waals surface area (Å²) < 4.78 is 16.8. The van der Waals surface area contributed by atoms with Gasteiger partial charge in [-0.1, -0.05) is 242 Å². The van der Waals surface area contributed by atoms with E-state index in [1.807, 2.05) is 0 Å². The van der Waals surface area contributed by atoms with E-state index in [2.05, 4.69) is 81.5 Å². The number of carbonyl (C=O) groups excluding carboxylic acids is 3. The minimum atomic E-state index is -0.782. The van der Waals surface area contributed by atoms with Crippen LogP contribution in [0.3, 0.4) is 0 Å². The third-order valence-electron chi connectivity index (χ3n) is 12.5. The first-order chi connectivity index (χ1) is 33.0. The predicted octanol–water partition coefficient (Wildman–Crippen LogP) is 19.2. The van der Waals surface area contributed by atoms with E-state index in [0.717, 1.165) is 103 Å². The van der Waals surface area contributed by atoms with Gasteiger partial charge in [0.25, 0.3) is 0 Å². The van der Waals surface area contributed by atoms with Gasteiger partial charge in [-0.15, -0.1) is 0 Å². The fourth-order valence-electron chi connectivity index (χ4n) is 8.13. The molecule has 1 atom stereocenters. The summed E-state index contributed by atoms with van der Waals surface area (Å²) >= 11 is 0. The Morgan fingerprint density at radius 2 is 0.537 bits per heavy atom. The van der Waals surface area contributed by atoms with Gasteiger partial charge in [-0.3, -0.25) is 14.4 Å². The summed E-state index contributed by atoms with van der Waals surface area (Å²) in [6.45, 7) is 6.60. The normalized spacial score (nSPS) is 12.5. The molecular formula is C61H108O6. The van der Waals surface area contributed by atoms with Crippen LogP contribution in [0.1, 0.15) is 290 Å². The molecule has 0 aromatic carbocycles. The molecule has 0 bridgehead atoms. The summed E-state index contributed by atoms with van der Waals surface area (Å²) in [6, 6.07) is 0. The highest BCUT2D eigenvalue weighted by Gasteiger charge is 2.19. The van der Waals surface area contributed by atoms with E-state index in [-0.39, 0.29) is 31.1 Å². The minimum Gasteiger partial charge on any atom is -0.462 e. The van der Waals surface area contributed by atoms with E-state index in [1.54, 1.807) is 0 Å². The standard InChI is InChI=1S/C61H108O6/c1-4-7-10-13-16-19-22-24-26-28-29-30-31-32-33-34-36-37-39-42-45-48-51-54-60(63)66-57-58(56-65-59(62)53-50-47-44-41-21-18-15-12-9-6-3)67-61(64)55-52-49-46-43-40-38-35-27-25-23-20-17-14-11-8-5-2/h20,22-24,27-29,31-32,35,58H,4-19,21,25-26,30,33-34,36-57H2,1-3H3/b23-20-,24-22-,29-28-,32-31-,35-27-. The van der Waals surface area contributed by atoms with Crippen LogP contribution in [0.4, 0.5) is 0 Å². The van der Waals surface area contributed by atoms with E-state index in [0.29, 0.717) is 19.3 Å². The van der Waals surface area contributed by atoms with Crippen molar-refractivity contribution in [3.63, 3.8) is 0 Å². The van der Waals surface area contributed by atoms with Crippen LogP contribution >= 0.6 is 0 Å². The smallest absolute Gasteiger partial charge is 0.306 e. The molecule has 0 aliphatic heterocycles. The van der Waals surface area contributed by atoms with Crippen molar-refractivity contribution in [3.05, 3.63) is 60.8 Å². The molecule has 6 nitrogen and oxygen atoms in total. The van der Waals surface area contributed by atoms with Crippen molar-refractivity contribution in [2.75, 3.05) is 13.2 Å². The SMILES string of the molecule is CCCCCC/C=C\C/C=C\CCCCCCCC(=O)OC(COC(=O)CCCCCCCCCC/C=C\C/C=C\C/C=C\CCCCCCC)COC(=O)CCCCCCCCCCCC. The van der Waals surface area contributed by atoms with Crippen molar-refractivity contribution in [2.45, 2.75) is 297 Å². The first-order valence-corrected chi connectivity index (χ1v) is 28.8. The monoisotopic (exact) mass is 937 g/mol. The number of rotatable bonds is 52. The fourth-order valence-corrected chi connectivity index (χ4v) is 8.13. The zero-order valence-corrected chi connectivity index (χ0v) is 44.4. The summed E-state index contributed by atoms with van der Waals surface area (Å²) in [5.41, 5.74) is 0. The van der Waals surface area contributed by atoms with Crippen molar-refractivity contribution in [2.24, 2.45) is 0 Å². The maximum Gasteiger partial charge on any atom is 0.306 e. The van der Waals surface area contributed by atoms with E-state index in [9.17, 15) is 14.4 Å². The molecule has 67 heavy (non-hydrogen) atoms. The fraction of sp³-hybridized carbons (Fsp3) is 0.787. The van der Waals surface area contributed by atoms with Gasteiger partial charge in [0.2, 0.25) is 0 Å². The van der Waals surface area contributed by atoms with Crippen molar-refractivity contribution in [3.8, 4) is 0 Å². The van der Waals surface area contributed by atoms with E-state index in [1.165, 1.54) is 148 Å².